The van der Waals surface area contributed by atoms with Gasteiger partial charge in [0, 0.05) is 20.0 Å². The quantitative estimate of drug-likeness (QED) is 0.814. The van der Waals surface area contributed by atoms with E-state index in [1.165, 1.54) is 22.3 Å². The lowest BCUT2D eigenvalue weighted by Gasteiger charge is -2.17. The van der Waals surface area contributed by atoms with E-state index in [1.807, 2.05) is 7.05 Å². The van der Waals surface area contributed by atoms with Crippen LogP contribution in [0.4, 0.5) is 0 Å². The molecule has 0 saturated heterocycles. The zero-order chi connectivity index (χ0) is 15.2. The predicted octanol–water partition coefficient (Wildman–Crippen LogP) is 3.89. The van der Waals surface area contributed by atoms with Gasteiger partial charge in [-0.1, -0.05) is 59.7 Å². The van der Waals surface area contributed by atoms with Crippen molar-refractivity contribution in [3.05, 3.63) is 70.8 Å². The molecule has 2 aromatic rings. The fourth-order valence-corrected chi connectivity index (χ4v) is 2.25. The van der Waals surface area contributed by atoms with Crippen LogP contribution in [-0.4, -0.2) is 17.9 Å². The number of rotatable bonds is 5. The second kappa shape index (κ2) is 7.07. The maximum atomic E-state index is 12.2. The normalized spacial score (nSPS) is 10.4. The smallest absolute Gasteiger partial charge is 0.222 e. The Morgan fingerprint density at radius 2 is 1.33 bits per heavy atom. The number of hydrogen-bond donors (Lipinski definition) is 0. The Bertz CT molecular complexity index is 584. The van der Waals surface area contributed by atoms with Gasteiger partial charge < -0.3 is 4.90 Å². The first-order valence-corrected chi connectivity index (χ1v) is 7.39. The highest BCUT2D eigenvalue weighted by Crippen LogP contribution is 2.09. The van der Waals surface area contributed by atoms with Crippen molar-refractivity contribution in [1.82, 2.24) is 4.90 Å². The van der Waals surface area contributed by atoms with Gasteiger partial charge in [-0.05, 0) is 31.4 Å². The van der Waals surface area contributed by atoms with E-state index in [0.717, 1.165) is 6.42 Å². The van der Waals surface area contributed by atoms with Crippen LogP contribution in [0.2, 0.25) is 0 Å². The molecule has 0 N–H and O–H groups in total. The number of aryl methyl sites for hydroxylation is 3. The highest BCUT2D eigenvalue weighted by atomic mass is 16.2. The minimum atomic E-state index is 0.191. The zero-order valence-corrected chi connectivity index (χ0v) is 13.1. The number of carbonyl (C=O) groups excluding carboxylic acids is 1. The minimum absolute atomic E-state index is 0.191. The molecule has 2 rings (SSSR count). The van der Waals surface area contributed by atoms with Gasteiger partial charge in [0.2, 0.25) is 5.91 Å². The molecule has 21 heavy (non-hydrogen) atoms. The van der Waals surface area contributed by atoms with Crippen LogP contribution in [-0.2, 0) is 17.8 Å². The first-order valence-electron chi connectivity index (χ1n) is 7.39. The third-order valence-corrected chi connectivity index (χ3v) is 3.71. The maximum Gasteiger partial charge on any atom is 0.222 e. The number of nitrogens with zero attached hydrogens (tertiary/aromatic N) is 1. The fourth-order valence-electron chi connectivity index (χ4n) is 2.25. The Kier molecular flexibility index (Phi) is 5.15. The molecule has 2 nitrogen and oxygen atoms in total. The van der Waals surface area contributed by atoms with Gasteiger partial charge in [-0.2, -0.15) is 0 Å². The second-order valence-electron chi connectivity index (χ2n) is 5.72. The molecule has 0 atom stereocenters. The van der Waals surface area contributed by atoms with Crippen LogP contribution < -0.4 is 0 Å². The molecule has 0 fully saturated rings. The molecule has 0 radical (unpaired) electrons. The molecule has 0 heterocycles. The third-order valence-electron chi connectivity index (χ3n) is 3.71. The molecule has 0 aliphatic carbocycles. The first-order chi connectivity index (χ1) is 10.0. The largest absolute Gasteiger partial charge is 0.341 e. The Labute approximate surface area is 127 Å². The summed E-state index contributed by atoms with van der Waals surface area (Å²) in [5.74, 6) is 0.191. The van der Waals surface area contributed by atoms with E-state index in [1.54, 1.807) is 4.90 Å². The van der Waals surface area contributed by atoms with Crippen LogP contribution in [0.3, 0.4) is 0 Å². The second-order valence-corrected chi connectivity index (χ2v) is 5.72. The van der Waals surface area contributed by atoms with Gasteiger partial charge in [0.15, 0.2) is 0 Å². The summed E-state index contributed by atoms with van der Waals surface area (Å²) in [6.07, 6.45) is 1.36. The Balaban J connectivity index is 1.84. The molecule has 2 heteroatoms. The van der Waals surface area contributed by atoms with E-state index < -0.39 is 0 Å². The summed E-state index contributed by atoms with van der Waals surface area (Å²) in [5.41, 5.74) is 4.89. The van der Waals surface area contributed by atoms with Crippen molar-refractivity contribution in [3.63, 3.8) is 0 Å². The Morgan fingerprint density at radius 1 is 0.857 bits per heavy atom. The van der Waals surface area contributed by atoms with Crippen LogP contribution >= 0.6 is 0 Å². The first kappa shape index (κ1) is 15.3. The standard InChI is InChI=1S/C19H23NO/c1-15-4-8-17(9-5-15)12-13-19(21)20(3)14-18-10-6-16(2)7-11-18/h4-11H,12-14H2,1-3H3. The SMILES string of the molecule is Cc1ccc(CCC(=O)N(C)Cc2ccc(C)cc2)cc1. The fraction of sp³-hybridized carbons (Fsp3) is 0.316. The average Bonchev–Trinajstić information content (AvgIpc) is 2.48. The van der Waals surface area contributed by atoms with E-state index in [-0.39, 0.29) is 5.91 Å². The van der Waals surface area contributed by atoms with Gasteiger partial charge in [0.1, 0.15) is 0 Å². The molecule has 0 aromatic heterocycles. The molecule has 0 aliphatic rings. The summed E-state index contributed by atoms with van der Waals surface area (Å²) in [5, 5.41) is 0. The van der Waals surface area contributed by atoms with Crippen LogP contribution in [0, 0.1) is 13.8 Å². The van der Waals surface area contributed by atoms with Gasteiger partial charge >= 0.3 is 0 Å². The molecule has 0 aliphatic heterocycles. The van der Waals surface area contributed by atoms with Crippen molar-refractivity contribution < 1.29 is 4.79 Å². The molecule has 1 amide bonds. The van der Waals surface area contributed by atoms with E-state index >= 15 is 0 Å². The highest BCUT2D eigenvalue weighted by Gasteiger charge is 2.09. The van der Waals surface area contributed by atoms with Crippen molar-refractivity contribution >= 4 is 5.91 Å². The monoisotopic (exact) mass is 281 g/mol. The van der Waals surface area contributed by atoms with Crippen LogP contribution in [0.25, 0.3) is 0 Å². The topological polar surface area (TPSA) is 20.3 Å². The summed E-state index contributed by atoms with van der Waals surface area (Å²) in [6.45, 7) is 4.82. The molecule has 0 saturated carbocycles. The van der Waals surface area contributed by atoms with Crippen LogP contribution in [0.15, 0.2) is 48.5 Å². The van der Waals surface area contributed by atoms with Crippen LogP contribution in [0.5, 0.6) is 0 Å². The van der Waals surface area contributed by atoms with E-state index in [9.17, 15) is 4.79 Å². The van der Waals surface area contributed by atoms with Gasteiger partial charge in [-0.3, -0.25) is 4.79 Å². The van der Waals surface area contributed by atoms with E-state index in [4.69, 9.17) is 0 Å². The third kappa shape index (κ3) is 4.75. The van der Waals surface area contributed by atoms with E-state index in [0.29, 0.717) is 13.0 Å². The number of amides is 1. The van der Waals surface area contributed by atoms with Crippen molar-refractivity contribution in [2.75, 3.05) is 7.05 Å². The van der Waals surface area contributed by atoms with Gasteiger partial charge in [0.25, 0.3) is 0 Å². The molecule has 0 spiro atoms. The summed E-state index contributed by atoms with van der Waals surface area (Å²) in [6, 6.07) is 16.7. The summed E-state index contributed by atoms with van der Waals surface area (Å²) < 4.78 is 0. The zero-order valence-electron chi connectivity index (χ0n) is 13.1. The van der Waals surface area contributed by atoms with Gasteiger partial charge in [-0.25, -0.2) is 0 Å². The summed E-state index contributed by atoms with van der Waals surface area (Å²) in [7, 11) is 1.87. The maximum absolute atomic E-state index is 12.2. The Morgan fingerprint density at radius 3 is 1.86 bits per heavy atom. The lowest BCUT2D eigenvalue weighted by molar-refractivity contribution is -0.130. The molecule has 0 unspecified atom stereocenters. The molecule has 2 aromatic carbocycles. The van der Waals surface area contributed by atoms with Crippen molar-refractivity contribution in [3.8, 4) is 0 Å². The summed E-state index contributed by atoms with van der Waals surface area (Å²) >= 11 is 0. The molecular weight excluding hydrogens is 258 g/mol. The Hall–Kier alpha value is -2.09. The predicted molar refractivity (Wildman–Crippen MR) is 87.2 cm³/mol. The lowest BCUT2D eigenvalue weighted by atomic mass is 10.1. The van der Waals surface area contributed by atoms with Crippen molar-refractivity contribution in [2.24, 2.45) is 0 Å². The lowest BCUT2D eigenvalue weighted by Crippen LogP contribution is -2.26. The van der Waals surface area contributed by atoms with Gasteiger partial charge in [0.05, 0.1) is 0 Å². The summed E-state index contributed by atoms with van der Waals surface area (Å²) in [4.78, 5) is 14.0. The van der Waals surface area contributed by atoms with Crippen LogP contribution in [0.1, 0.15) is 28.7 Å². The molecular formula is C19H23NO. The number of benzene rings is 2. The van der Waals surface area contributed by atoms with Crippen molar-refractivity contribution in [1.29, 1.82) is 0 Å². The molecule has 0 bridgehead atoms. The average molecular weight is 281 g/mol. The molecule has 110 valence electrons. The van der Waals surface area contributed by atoms with Gasteiger partial charge in [-0.15, -0.1) is 0 Å². The number of carbonyl (C=O) groups is 1. The minimum Gasteiger partial charge on any atom is -0.341 e. The van der Waals surface area contributed by atoms with Crippen molar-refractivity contribution in [2.45, 2.75) is 33.2 Å². The number of hydrogen-bond acceptors (Lipinski definition) is 1. The van der Waals surface area contributed by atoms with E-state index in [2.05, 4.69) is 62.4 Å². The highest BCUT2D eigenvalue weighted by molar-refractivity contribution is 5.76.